The minimum atomic E-state index is -4.30. The number of benzene rings is 3. The van der Waals surface area contributed by atoms with E-state index in [2.05, 4.69) is 103 Å². The number of morpholine rings is 1. The Morgan fingerprint density at radius 1 is 0.683 bits per heavy atom. The van der Waals surface area contributed by atoms with Crippen molar-refractivity contribution >= 4 is 33.0 Å². The Labute approximate surface area is 363 Å². The van der Waals surface area contributed by atoms with E-state index in [0.29, 0.717) is 30.8 Å². The summed E-state index contributed by atoms with van der Waals surface area (Å²) < 4.78 is 47.2. The topological polar surface area (TPSA) is 122 Å². The molecule has 4 bridgehead atoms. The van der Waals surface area contributed by atoms with Gasteiger partial charge in [0.05, 0.1) is 45.4 Å². The Bertz CT molecular complexity index is 1640. The van der Waals surface area contributed by atoms with E-state index in [1.807, 2.05) is 0 Å². The van der Waals surface area contributed by atoms with Gasteiger partial charge in [-0.2, -0.15) is 0 Å². The predicted octanol–water partition coefficient (Wildman–Crippen LogP) is 9.86. The van der Waals surface area contributed by atoms with Crippen molar-refractivity contribution in [3.63, 3.8) is 0 Å². The zero-order valence-corrected chi connectivity index (χ0v) is 37.5. The number of carbonyl (C=O) groups excluding carboxylic acids is 2. The first kappa shape index (κ1) is 47.8. The lowest BCUT2D eigenvalue weighted by molar-refractivity contribution is -0.170. The Hall–Kier alpha value is -3.22. The van der Waals surface area contributed by atoms with Crippen molar-refractivity contribution in [3.8, 4) is 0 Å². The van der Waals surface area contributed by atoms with Crippen LogP contribution in [0.5, 0.6) is 0 Å². The molecule has 11 heteroatoms. The lowest BCUT2D eigenvalue weighted by Gasteiger charge is -2.55. The van der Waals surface area contributed by atoms with E-state index >= 15 is 0 Å². The average molecular weight is 864 g/mol. The normalized spacial score (nSPS) is 21.9. The zero-order valence-electron chi connectivity index (χ0n) is 35.9. The van der Waals surface area contributed by atoms with Crippen LogP contribution >= 0.6 is 0 Å². The molecule has 5 fully saturated rings. The van der Waals surface area contributed by atoms with Crippen LogP contribution in [-0.2, 0) is 44.8 Å². The van der Waals surface area contributed by atoms with E-state index in [9.17, 15) is 22.6 Å². The molecule has 8 rings (SSSR count). The molecule has 4 saturated carbocycles. The van der Waals surface area contributed by atoms with Crippen molar-refractivity contribution in [3.05, 3.63) is 91.0 Å². The van der Waals surface area contributed by atoms with Gasteiger partial charge in [0, 0.05) is 26.1 Å². The first-order chi connectivity index (χ1) is 29.1. The molecular formula is C49H69NO8S2. The quantitative estimate of drug-likeness (QED) is 0.0473. The molecule has 4 aliphatic carbocycles. The van der Waals surface area contributed by atoms with Gasteiger partial charge in [0.25, 0.3) is 0 Å². The van der Waals surface area contributed by atoms with Gasteiger partial charge >= 0.3 is 11.9 Å². The molecule has 0 aromatic heterocycles. The van der Waals surface area contributed by atoms with Crippen LogP contribution in [0.1, 0.15) is 110 Å². The Morgan fingerprint density at radius 2 is 1.13 bits per heavy atom. The highest BCUT2D eigenvalue weighted by atomic mass is 32.2. The van der Waals surface area contributed by atoms with Gasteiger partial charge in [-0.25, -0.2) is 8.42 Å². The highest BCUT2D eigenvalue weighted by molar-refractivity contribution is 7.97. The number of unbranched alkanes of at least 4 members (excludes halogenated alkanes) is 8. The van der Waals surface area contributed by atoms with Crippen molar-refractivity contribution in [2.24, 2.45) is 23.2 Å². The van der Waals surface area contributed by atoms with Gasteiger partial charge in [-0.3, -0.25) is 14.5 Å². The number of nitrogens with zero attached hydrogens (tertiary/aromatic N) is 1. The van der Waals surface area contributed by atoms with E-state index in [0.717, 1.165) is 65.0 Å². The van der Waals surface area contributed by atoms with Crippen molar-refractivity contribution in [1.29, 1.82) is 0 Å². The van der Waals surface area contributed by atoms with Crippen LogP contribution in [0, 0.1) is 23.2 Å². The van der Waals surface area contributed by atoms with Gasteiger partial charge in [0.2, 0.25) is 0 Å². The molecule has 60 heavy (non-hydrogen) atoms. The van der Waals surface area contributed by atoms with Crippen molar-refractivity contribution in [1.82, 2.24) is 4.90 Å². The van der Waals surface area contributed by atoms with Crippen LogP contribution in [0.2, 0.25) is 0 Å². The molecule has 1 aliphatic heterocycles. The molecule has 0 spiro atoms. The maximum Gasteiger partial charge on any atom is 0.312 e. The number of esters is 2. The Kier molecular flexibility index (Phi) is 20.4. The molecular weight excluding hydrogens is 795 g/mol. The number of hydrogen-bond donors (Lipinski definition) is 0. The van der Waals surface area contributed by atoms with Crippen LogP contribution in [0.3, 0.4) is 0 Å². The third-order valence-electron chi connectivity index (χ3n) is 12.2. The monoisotopic (exact) mass is 863 g/mol. The summed E-state index contributed by atoms with van der Waals surface area (Å²) in [6, 6.07) is 32.2. The predicted molar refractivity (Wildman–Crippen MR) is 238 cm³/mol. The van der Waals surface area contributed by atoms with Crippen LogP contribution in [-0.4, -0.2) is 81.6 Å². The third kappa shape index (κ3) is 16.6. The summed E-state index contributed by atoms with van der Waals surface area (Å²) in [6.45, 7) is 6.82. The molecule has 0 radical (unpaired) electrons. The maximum absolute atomic E-state index is 12.3. The Morgan fingerprint density at radius 3 is 1.58 bits per heavy atom. The molecule has 3 aromatic rings. The Balaban J connectivity index is 0.000000171. The summed E-state index contributed by atoms with van der Waals surface area (Å²) in [4.78, 5) is 30.3. The van der Waals surface area contributed by atoms with Crippen molar-refractivity contribution < 1.29 is 36.8 Å². The van der Waals surface area contributed by atoms with E-state index in [1.54, 1.807) is 0 Å². The van der Waals surface area contributed by atoms with E-state index in [1.165, 1.54) is 78.9 Å². The van der Waals surface area contributed by atoms with E-state index in [4.69, 9.17) is 14.2 Å². The summed E-state index contributed by atoms with van der Waals surface area (Å²) in [5, 5.41) is 0. The fourth-order valence-corrected chi connectivity index (χ4v) is 12.0. The molecule has 9 nitrogen and oxygen atoms in total. The average Bonchev–Trinajstić information content (AvgIpc) is 3.24. The summed E-state index contributed by atoms with van der Waals surface area (Å²) in [6.07, 6.45) is 18.5. The third-order valence-corrected chi connectivity index (χ3v) is 15.1. The van der Waals surface area contributed by atoms with Gasteiger partial charge in [-0.1, -0.05) is 113 Å². The molecule has 1 saturated heterocycles. The minimum absolute atomic E-state index is 0.0146. The molecule has 0 N–H and O–H groups in total. The second kappa shape index (κ2) is 25.7. The zero-order chi connectivity index (χ0) is 42.5. The lowest BCUT2D eigenvalue weighted by atomic mass is 9.49. The fraction of sp³-hybridized carbons (Fsp3) is 0.592. The SMILES string of the molecule is CCCCCCCCCCCC(=O)OCCN1CCOCC1.O=C(OCCS(=O)(=O)[O-])C12CC3CC(CC(C3)C1)C2.c1ccc([S+](c2ccccc2)c2ccccc2)cc1. The number of rotatable bonds is 20. The summed E-state index contributed by atoms with van der Waals surface area (Å²) >= 11 is 0. The van der Waals surface area contributed by atoms with Crippen LogP contribution < -0.4 is 0 Å². The molecule has 3 aromatic carbocycles. The van der Waals surface area contributed by atoms with Gasteiger partial charge in [0.1, 0.15) is 13.2 Å². The van der Waals surface area contributed by atoms with Crippen LogP contribution in [0.15, 0.2) is 106 Å². The minimum Gasteiger partial charge on any atom is -0.748 e. The molecule has 0 amide bonds. The van der Waals surface area contributed by atoms with Gasteiger partial charge in [-0.05, 0) is 99.1 Å². The van der Waals surface area contributed by atoms with Crippen LogP contribution in [0.25, 0.3) is 0 Å². The number of hydrogen-bond acceptors (Lipinski definition) is 9. The molecule has 1 heterocycles. The standard InChI is InChI=1S/C18H35NO3.C18H15S.C13H20O5S/c1-2-3-4-5-6-7-8-9-10-11-18(20)22-17-14-19-12-15-21-16-13-19;1-4-10-16(11-5-1)19(17-12-6-2-7-13-17)18-14-8-3-9-15-18;14-12(18-1-2-19(15,16)17)13-6-9-3-10(7-13)5-11(4-9)8-13/h2-17H2,1H3;1-15H;9-11H,1-8H2,(H,15,16,17)/q;+1;/p-1. The first-order valence-corrected chi connectivity index (χ1v) is 25.4. The molecule has 330 valence electrons. The molecule has 5 aliphatic rings. The summed E-state index contributed by atoms with van der Waals surface area (Å²) in [5.41, 5.74) is -0.374. The van der Waals surface area contributed by atoms with Gasteiger partial charge in [0.15, 0.2) is 14.7 Å². The first-order valence-electron chi connectivity index (χ1n) is 22.6. The number of ether oxygens (including phenoxy) is 3. The van der Waals surface area contributed by atoms with Gasteiger partial charge < -0.3 is 18.8 Å². The maximum atomic E-state index is 12.3. The summed E-state index contributed by atoms with van der Waals surface area (Å²) in [5.74, 6) is 1.00. The largest absolute Gasteiger partial charge is 0.748 e. The smallest absolute Gasteiger partial charge is 0.312 e. The second-order valence-corrected chi connectivity index (χ2v) is 20.6. The highest BCUT2D eigenvalue weighted by Crippen LogP contribution is 2.60. The van der Waals surface area contributed by atoms with Crippen molar-refractivity contribution in [2.45, 2.75) is 124 Å². The van der Waals surface area contributed by atoms with Crippen LogP contribution in [0.4, 0.5) is 0 Å². The molecule has 0 unspecified atom stereocenters. The fourth-order valence-electron chi connectivity index (χ4n) is 9.59. The van der Waals surface area contributed by atoms with Gasteiger partial charge in [-0.15, -0.1) is 0 Å². The molecule has 0 atom stereocenters. The summed E-state index contributed by atoms with van der Waals surface area (Å²) in [7, 11) is -4.32. The number of carbonyl (C=O) groups is 2. The van der Waals surface area contributed by atoms with E-state index < -0.39 is 15.9 Å². The lowest BCUT2D eigenvalue weighted by Crippen LogP contribution is -2.50. The second-order valence-electron chi connectivity index (χ2n) is 17.1. The highest BCUT2D eigenvalue weighted by Gasteiger charge is 2.55. The van der Waals surface area contributed by atoms with Crippen molar-refractivity contribution in [2.75, 3.05) is 51.8 Å². The van der Waals surface area contributed by atoms with E-state index in [-0.39, 0.29) is 34.9 Å².